The first-order chi connectivity index (χ1) is 13.2. The number of nitrogens with zero attached hydrogens (tertiary/aromatic N) is 1. The largest absolute Gasteiger partial charge is 0.361 e. The number of benzene rings is 2. The van der Waals surface area contributed by atoms with Gasteiger partial charge in [-0.25, -0.2) is 0 Å². The van der Waals surface area contributed by atoms with Crippen LogP contribution in [-0.2, 0) is 6.54 Å². The van der Waals surface area contributed by atoms with Crippen LogP contribution in [0.1, 0.15) is 48.4 Å². The van der Waals surface area contributed by atoms with Gasteiger partial charge in [0.25, 0.3) is 0 Å². The number of rotatable bonds is 4. The second-order valence-electron chi connectivity index (χ2n) is 8.44. The molecule has 1 saturated carbocycles. The number of fused-ring (bicyclic) bond motifs is 1. The van der Waals surface area contributed by atoms with Gasteiger partial charge in [0.15, 0.2) is 0 Å². The average molecular weight is 379 g/mol. The van der Waals surface area contributed by atoms with E-state index in [0.717, 1.165) is 29.9 Å². The van der Waals surface area contributed by atoms with Crippen LogP contribution in [0.25, 0.3) is 10.9 Å². The van der Waals surface area contributed by atoms with Crippen LogP contribution in [0.2, 0.25) is 5.02 Å². The molecule has 2 nitrogen and oxygen atoms in total. The van der Waals surface area contributed by atoms with Crippen LogP contribution in [0, 0.1) is 18.8 Å². The third-order valence-electron chi connectivity index (χ3n) is 6.69. The zero-order valence-electron chi connectivity index (χ0n) is 15.9. The summed E-state index contributed by atoms with van der Waals surface area (Å²) in [5.74, 6) is 1.88. The van der Waals surface area contributed by atoms with Crippen molar-refractivity contribution in [3.63, 3.8) is 0 Å². The molecule has 1 aliphatic heterocycles. The molecule has 3 aromatic rings. The lowest BCUT2D eigenvalue weighted by Crippen LogP contribution is -2.37. The van der Waals surface area contributed by atoms with E-state index >= 15 is 0 Å². The second kappa shape index (κ2) is 7.00. The molecule has 2 fully saturated rings. The quantitative estimate of drug-likeness (QED) is 0.549. The Labute approximate surface area is 166 Å². The highest BCUT2D eigenvalue weighted by Gasteiger charge is 2.38. The molecule has 0 amide bonds. The van der Waals surface area contributed by atoms with E-state index in [1.54, 1.807) is 0 Å². The molecule has 1 saturated heterocycles. The third kappa shape index (κ3) is 3.30. The van der Waals surface area contributed by atoms with Crippen LogP contribution in [-0.4, -0.2) is 16.4 Å². The van der Waals surface area contributed by atoms with E-state index in [0.29, 0.717) is 6.04 Å². The molecule has 3 heteroatoms. The molecule has 1 aromatic heterocycles. The first-order valence-corrected chi connectivity index (χ1v) is 10.6. The van der Waals surface area contributed by atoms with Gasteiger partial charge in [-0.3, -0.25) is 4.90 Å². The van der Waals surface area contributed by atoms with Crippen LogP contribution >= 0.6 is 11.6 Å². The highest BCUT2D eigenvalue weighted by atomic mass is 35.5. The Kier molecular flexibility index (Phi) is 4.49. The molecule has 1 unspecified atom stereocenters. The molecule has 140 valence electrons. The number of hydrogen-bond donors (Lipinski definition) is 1. The van der Waals surface area contributed by atoms with Gasteiger partial charge in [0, 0.05) is 34.7 Å². The summed E-state index contributed by atoms with van der Waals surface area (Å²) in [4.78, 5) is 6.05. The van der Waals surface area contributed by atoms with E-state index in [4.69, 9.17) is 11.6 Å². The first kappa shape index (κ1) is 17.3. The van der Waals surface area contributed by atoms with Crippen molar-refractivity contribution >= 4 is 22.5 Å². The summed E-state index contributed by atoms with van der Waals surface area (Å²) < 4.78 is 0. The Bertz CT molecular complexity index is 942. The number of likely N-dealkylation sites (tertiary alicyclic amines) is 1. The number of hydrogen-bond acceptors (Lipinski definition) is 1. The summed E-state index contributed by atoms with van der Waals surface area (Å²) in [5, 5.41) is 2.17. The van der Waals surface area contributed by atoms with Crippen LogP contribution < -0.4 is 0 Å². The Balaban J connectivity index is 1.49. The molecular formula is C24H27ClN2. The molecule has 2 atom stereocenters. The molecule has 27 heavy (non-hydrogen) atoms. The maximum atomic E-state index is 6.73. The van der Waals surface area contributed by atoms with Crippen LogP contribution in [0.5, 0.6) is 0 Å². The van der Waals surface area contributed by atoms with Crippen LogP contribution in [0.4, 0.5) is 0 Å². The van der Waals surface area contributed by atoms with Gasteiger partial charge in [0.1, 0.15) is 0 Å². The number of halogens is 1. The van der Waals surface area contributed by atoms with Gasteiger partial charge in [-0.2, -0.15) is 0 Å². The molecule has 0 radical (unpaired) electrons. The number of piperidine rings is 1. The fourth-order valence-electron chi connectivity index (χ4n) is 5.04. The lowest BCUT2D eigenvalue weighted by Gasteiger charge is -2.40. The van der Waals surface area contributed by atoms with Gasteiger partial charge in [-0.1, -0.05) is 41.9 Å². The second-order valence-corrected chi connectivity index (χ2v) is 8.85. The predicted octanol–water partition coefficient (Wildman–Crippen LogP) is 6.49. The van der Waals surface area contributed by atoms with E-state index in [9.17, 15) is 0 Å². The van der Waals surface area contributed by atoms with Crippen molar-refractivity contribution in [3.8, 4) is 0 Å². The number of aromatic amines is 1. The molecule has 2 heterocycles. The summed E-state index contributed by atoms with van der Waals surface area (Å²) in [6.45, 7) is 4.21. The molecular weight excluding hydrogens is 352 g/mol. The van der Waals surface area contributed by atoms with Crippen molar-refractivity contribution in [2.24, 2.45) is 11.8 Å². The number of nitrogens with one attached hydrogen (secondary N) is 1. The summed E-state index contributed by atoms with van der Waals surface area (Å²) in [6, 6.07) is 15.9. The minimum absolute atomic E-state index is 0.497. The summed E-state index contributed by atoms with van der Waals surface area (Å²) >= 11 is 6.73. The van der Waals surface area contributed by atoms with Crippen molar-refractivity contribution in [2.45, 2.75) is 45.2 Å². The van der Waals surface area contributed by atoms with Gasteiger partial charge in [0.2, 0.25) is 0 Å². The number of aromatic nitrogens is 1. The summed E-state index contributed by atoms with van der Waals surface area (Å²) in [7, 11) is 0. The van der Waals surface area contributed by atoms with E-state index in [-0.39, 0.29) is 0 Å². The van der Waals surface area contributed by atoms with Gasteiger partial charge in [-0.15, -0.1) is 0 Å². The highest BCUT2D eigenvalue weighted by Crippen LogP contribution is 2.47. The van der Waals surface area contributed by atoms with Crippen molar-refractivity contribution < 1.29 is 0 Å². The van der Waals surface area contributed by atoms with Crippen molar-refractivity contribution in [1.29, 1.82) is 0 Å². The first-order valence-electron chi connectivity index (χ1n) is 10.2. The predicted molar refractivity (Wildman–Crippen MR) is 113 cm³/mol. The van der Waals surface area contributed by atoms with Crippen molar-refractivity contribution in [1.82, 2.24) is 9.88 Å². The Hall–Kier alpha value is -1.77. The highest BCUT2D eigenvalue weighted by molar-refractivity contribution is 6.32. The fourth-order valence-corrected chi connectivity index (χ4v) is 5.36. The van der Waals surface area contributed by atoms with Gasteiger partial charge >= 0.3 is 0 Å². The summed E-state index contributed by atoms with van der Waals surface area (Å²) in [5.41, 5.74) is 5.16. The number of aryl methyl sites for hydroxylation is 1. The van der Waals surface area contributed by atoms with Gasteiger partial charge in [0.05, 0.1) is 0 Å². The van der Waals surface area contributed by atoms with E-state index in [1.165, 1.54) is 53.3 Å². The smallest absolute Gasteiger partial charge is 0.0487 e. The minimum atomic E-state index is 0.497. The third-order valence-corrected chi connectivity index (χ3v) is 7.02. The molecule has 2 aliphatic rings. The maximum Gasteiger partial charge on any atom is 0.0487 e. The minimum Gasteiger partial charge on any atom is -0.361 e. The van der Waals surface area contributed by atoms with E-state index in [1.807, 2.05) is 6.20 Å². The molecule has 0 spiro atoms. The molecule has 5 rings (SSSR count). The van der Waals surface area contributed by atoms with Crippen molar-refractivity contribution in [3.05, 3.63) is 70.4 Å². The van der Waals surface area contributed by atoms with E-state index < -0.39 is 0 Å². The molecule has 0 bridgehead atoms. The standard InChI is InChI=1S/C24H27ClN2/c1-16-13-22(25)21(20-9-11-26-24(16)20)15-27-12-10-19(17-7-8-17)14-23(27)18-5-3-2-4-6-18/h2-6,9,11,13,17,19,23,26H,7-8,10,12,14-15H2,1H3/t19?,23-/m0/s1. The number of H-pyrrole nitrogens is 1. The van der Waals surface area contributed by atoms with Gasteiger partial charge in [-0.05, 0) is 79.8 Å². The lowest BCUT2D eigenvalue weighted by atomic mass is 9.84. The molecule has 2 aromatic carbocycles. The van der Waals surface area contributed by atoms with Crippen molar-refractivity contribution in [2.75, 3.05) is 6.54 Å². The fraction of sp³-hybridized carbons (Fsp3) is 0.417. The normalized spacial score (nSPS) is 23.8. The SMILES string of the molecule is Cc1cc(Cl)c(CN2CCC(C3CC3)C[C@H]2c2ccccc2)c2cc[nH]c12. The van der Waals surface area contributed by atoms with E-state index in [2.05, 4.69) is 59.3 Å². The topological polar surface area (TPSA) is 19.0 Å². The Morgan fingerprint density at radius 2 is 1.89 bits per heavy atom. The Morgan fingerprint density at radius 1 is 1.07 bits per heavy atom. The monoisotopic (exact) mass is 378 g/mol. The Morgan fingerprint density at radius 3 is 2.67 bits per heavy atom. The zero-order valence-corrected chi connectivity index (χ0v) is 16.7. The average Bonchev–Trinajstić information content (AvgIpc) is 3.42. The lowest BCUT2D eigenvalue weighted by molar-refractivity contribution is 0.0962. The molecule has 1 aliphatic carbocycles. The van der Waals surface area contributed by atoms with Crippen LogP contribution in [0.15, 0.2) is 48.7 Å². The van der Waals surface area contributed by atoms with Gasteiger partial charge < -0.3 is 4.98 Å². The summed E-state index contributed by atoms with van der Waals surface area (Å²) in [6.07, 6.45) is 7.54. The van der Waals surface area contributed by atoms with Crippen LogP contribution in [0.3, 0.4) is 0 Å². The molecule has 1 N–H and O–H groups in total. The zero-order chi connectivity index (χ0) is 18.4. The maximum absolute atomic E-state index is 6.73.